The Balaban J connectivity index is 1.30. The molecule has 0 bridgehead atoms. The zero-order valence-corrected chi connectivity index (χ0v) is 17.3. The maximum absolute atomic E-state index is 12.3. The van der Waals surface area contributed by atoms with Gasteiger partial charge in [-0.3, -0.25) is 0 Å². The Morgan fingerprint density at radius 1 is 1.00 bits per heavy atom. The average Bonchev–Trinajstić information content (AvgIpc) is 3.40. The third-order valence-corrected chi connectivity index (χ3v) is 5.54. The lowest BCUT2D eigenvalue weighted by Crippen LogP contribution is -2.32. The molecule has 0 radical (unpaired) electrons. The fraction of sp³-hybridized carbons (Fsp3) is 0.320. The van der Waals surface area contributed by atoms with Gasteiger partial charge in [0.2, 0.25) is 0 Å². The van der Waals surface area contributed by atoms with Crippen molar-refractivity contribution in [1.29, 1.82) is 0 Å². The van der Waals surface area contributed by atoms with Crippen LogP contribution in [0.15, 0.2) is 60.7 Å². The lowest BCUT2D eigenvalue weighted by Gasteiger charge is -2.15. The van der Waals surface area contributed by atoms with Gasteiger partial charge in [-0.25, -0.2) is 4.79 Å². The van der Waals surface area contributed by atoms with Gasteiger partial charge >= 0.3 is 5.97 Å². The minimum atomic E-state index is -0.420. The van der Waals surface area contributed by atoms with E-state index in [1.165, 1.54) is 6.08 Å². The number of hydrogen-bond donors (Lipinski definition) is 1. The third kappa shape index (κ3) is 5.22. The molecule has 6 nitrogen and oxygen atoms in total. The second-order valence-electron chi connectivity index (χ2n) is 7.60. The van der Waals surface area contributed by atoms with Crippen LogP contribution >= 0.6 is 0 Å². The fourth-order valence-electron chi connectivity index (χ4n) is 3.80. The van der Waals surface area contributed by atoms with Gasteiger partial charge in [-0.1, -0.05) is 48.6 Å². The van der Waals surface area contributed by atoms with Crippen LogP contribution in [0, 0.1) is 5.92 Å². The van der Waals surface area contributed by atoms with Crippen LogP contribution in [0.2, 0.25) is 0 Å². The Morgan fingerprint density at radius 3 is 2.39 bits per heavy atom. The van der Waals surface area contributed by atoms with Gasteiger partial charge in [0.15, 0.2) is 6.10 Å². The zero-order valence-electron chi connectivity index (χ0n) is 17.3. The van der Waals surface area contributed by atoms with Crippen molar-refractivity contribution in [1.82, 2.24) is 0 Å². The molecule has 4 rings (SSSR count). The minimum Gasteiger partial charge on any atom is -0.497 e. The number of aliphatic hydroxyl groups is 1. The van der Waals surface area contributed by atoms with E-state index in [-0.39, 0.29) is 24.7 Å². The van der Waals surface area contributed by atoms with Crippen LogP contribution < -0.4 is 4.74 Å². The van der Waals surface area contributed by atoms with Crippen LogP contribution in [0.1, 0.15) is 16.7 Å². The first-order valence-electron chi connectivity index (χ1n) is 10.3. The van der Waals surface area contributed by atoms with Crippen LogP contribution in [0.5, 0.6) is 5.75 Å². The van der Waals surface area contributed by atoms with Gasteiger partial charge in [0, 0.05) is 12.0 Å². The molecule has 2 aromatic carbocycles. The van der Waals surface area contributed by atoms with Crippen molar-refractivity contribution in [2.24, 2.45) is 5.92 Å². The summed E-state index contributed by atoms with van der Waals surface area (Å²) in [6.45, 7) is 0.886. The highest BCUT2D eigenvalue weighted by atomic mass is 16.6. The topological polar surface area (TPSA) is 74.2 Å². The second-order valence-corrected chi connectivity index (χ2v) is 7.60. The van der Waals surface area contributed by atoms with E-state index in [9.17, 15) is 4.79 Å². The van der Waals surface area contributed by atoms with Crippen LogP contribution in [-0.2, 0) is 25.6 Å². The van der Waals surface area contributed by atoms with Gasteiger partial charge < -0.3 is 24.1 Å². The Morgan fingerprint density at radius 2 is 1.68 bits per heavy atom. The number of methoxy groups -OCH3 is 1. The fourth-order valence-corrected chi connectivity index (χ4v) is 3.80. The molecule has 2 saturated heterocycles. The largest absolute Gasteiger partial charge is 0.497 e. The van der Waals surface area contributed by atoms with Crippen LogP contribution in [0.3, 0.4) is 0 Å². The van der Waals surface area contributed by atoms with E-state index < -0.39 is 12.1 Å². The van der Waals surface area contributed by atoms with Gasteiger partial charge in [-0.15, -0.1) is 0 Å². The normalized spacial score (nSPS) is 25.2. The summed E-state index contributed by atoms with van der Waals surface area (Å²) in [7, 11) is 1.61. The summed E-state index contributed by atoms with van der Waals surface area (Å²) in [6.07, 6.45) is 6.42. The molecule has 2 heterocycles. The number of benzene rings is 2. The van der Waals surface area contributed by atoms with Crippen molar-refractivity contribution in [2.45, 2.75) is 24.9 Å². The SMILES string of the molecule is COc1ccc(/C=C/C(=O)O[C@@H]2CO[C@H]3[C@@H]2OC[C@H]3C=Cc2ccc(CO)cc2)cc1. The van der Waals surface area contributed by atoms with Crippen molar-refractivity contribution in [3.63, 3.8) is 0 Å². The van der Waals surface area contributed by atoms with Crippen molar-refractivity contribution >= 4 is 18.1 Å². The van der Waals surface area contributed by atoms with Gasteiger partial charge in [0.1, 0.15) is 11.9 Å². The molecular formula is C25H26O6. The molecule has 0 spiro atoms. The van der Waals surface area contributed by atoms with Crippen molar-refractivity contribution in [3.8, 4) is 5.75 Å². The molecule has 2 fully saturated rings. The Labute approximate surface area is 181 Å². The third-order valence-electron chi connectivity index (χ3n) is 5.54. The molecule has 0 saturated carbocycles. The standard InChI is InChI=1S/C25H26O6/c1-28-21-11-7-18(8-12-21)9-13-23(27)31-22-16-30-24-20(15-29-25(22)24)10-6-17-2-4-19(14-26)5-3-17/h2-13,20,22,24-26H,14-16H2,1H3/b10-6?,13-9+/t20-,22-,24-,25-/m1/s1. The summed E-state index contributed by atoms with van der Waals surface area (Å²) in [6, 6.07) is 15.1. The first kappa shape index (κ1) is 21.3. The van der Waals surface area contributed by atoms with Crippen LogP contribution in [0.25, 0.3) is 12.2 Å². The summed E-state index contributed by atoms with van der Waals surface area (Å²) in [5.74, 6) is 0.440. The summed E-state index contributed by atoms with van der Waals surface area (Å²) in [5.41, 5.74) is 2.81. The number of fused-ring (bicyclic) bond motifs is 1. The predicted molar refractivity (Wildman–Crippen MR) is 116 cm³/mol. The molecule has 162 valence electrons. The monoisotopic (exact) mass is 422 g/mol. The molecule has 0 unspecified atom stereocenters. The van der Waals surface area contributed by atoms with Crippen LogP contribution in [0.4, 0.5) is 0 Å². The van der Waals surface area contributed by atoms with E-state index >= 15 is 0 Å². The number of carbonyl (C=O) groups is 1. The molecule has 0 aromatic heterocycles. The molecule has 31 heavy (non-hydrogen) atoms. The van der Waals surface area contributed by atoms with Gasteiger partial charge in [-0.05, 0) is 34.9 Å². The van der Waals surface area contributed by atoms with Gasteiger partial charge in [0.05, 0.1) is 33.0 Å². The van der Waals surface area contributed by atoms with Gasteiger partial charge in [-0.2, -0.15) is 0 Å². The maximum Gasteiger partial charge on any atom is 0.331 e. The Kier molecular flexibility index (Phi) is 6.82. The summed E-state index contributed by atoms with van der Waals surface area (Å²) in [4.78, 5) is 12.3. The number of esters is 1. The first-order valence-corrected chi connectivity index (χ1v) is 10.3. The van der Waals surface area contributed by atoms with E-state index in [0.717, 1.165) is 22.4 Å². The van der Waals surface area contributed by atoms with Crippen molar-refractivity contribution < 1.29 is 28.8 Å². The lowest BCUT2D eigenvalue weighted by molar-refractivity contribution is -0.147. The number of carbonyl (C=O) groups excluding carboxylic acids is 1. The molecule has 6 heteroatoms. The van der Waals surface area contributed by atoms with Crippen LogP contribution in [-0.4, -0.2) is 49.7 Å². The first-order chi connectivity index (χ1) is 15.2. The smallest absolute Gasteiger partial charge is 0.331 e. The maximum atomic E-state index is 12.3. The molecule has 0 aliphatic carbocycles. The summed E-state index contributed by atoms with van der Waals surface area (Å²) >= 11 is 0. The molecule has 2 aliphatic rings. The number of rotatable bonds is 7. The highest BCUT2D eigenvalue weighted by Crippen LogP contribution is 2.34. The lowest BCUT2D eigenvalue weighted by atomic mass is 9.99. The minimum absolute atomic E-state index is 0.0352. The molecule has 1 N–H and O–H groups in total. The van der Waals surface area contributed by atoms with Gasteiger partial charge in [0.25, 0.3) is 0 Å². The number of aliphatic hydroxyl groups excluding tert-OH is 1. The molecule has 2 aliphatic heterocycles. The molecular weight excluding hydrogens is 396 g/mol. The number of ether oxygens (including phenoxy) is 4. The highest BCUT2D eigenvalue weighted by molar-refractivity contribution is 5.87. The molecule has 2 aromatic rings. The van der Waals surface area contributed by atoms with Crippen molar-refractivity contribution in [2.75, 3.05) is 20.3 Å². The van der Waals surface area contributed by atoms with E-state index in [2.05, 4.69) is 6.08 Å². The predicted octanol–water partition coefficient (Wildman–Crippen LogP) is 3.24. The average molecular weight is 422 g/mol. The van der Waals surface area contributed by atoms with E-state index in [1.54, 1.807) is 13.2 Å². The zero-order chi connectivity index (χ0) is 21.6. The summed E-state index contributed by atoms with van der Waals surface area (Å²) in [5, 5.41) is 9.14. The highest BCUT2D eigenvalue weighted by Gasteiger charge is 2.48. The Hall–Kier alpha value is -2.93. The van der Waals surface area contributed by atoms with E-state index in [4.69, 9.17) is 24.1 Å². The molecule has 0 amide bonds. The number of hydrogen-bond acceptors (Lipinski definition) is 6. The van der Waals surface area contributed by atoms with E-state index in [0.29, 0.717) is 13.2 Å². The van der Waals surface area contributed by atoms with Crippen molar-refractivity contribution in [3.05, 3.63) is 77.4 Å². The Bertz CT molecular complexity index is 931. The second kappa shape index (κ2) is 9.92. The molecule has 4 atom stereocenters. The quantitative estimate of drug-likeness (QED) is 0.546. The summed E-state index contributed by atoms with van der Waals surface area (Å²) < 4.78 is 22.5. The van der Waals surface area contributed by atoms with E-state index in [1.807, 2.05) is 54.6 Å².